The standard InChI is InChI=1S/C15H24N6O2S/c1-4-24(22,23)17-7-15-10-20(9-14-6-16-11-21(14)15)8-13-5-12(2)18-19(13)3/h5-6,11,15,17H,4,7-10H2,1-3H3/t15-/m1/s1. The maximum absolute atomic E-state index is 11.8. The summed E-state index contributed by atoms with van der Waals surface area (Å²) in [5.74, 6) is 0.0918. The van der Waals surface area contributed by atoms with Crippen LogP contribution in [0.3, 0.4) is 0 Å². The number of fused-ring (bicyclic) bond motifs is 1. The van der Waals surface area contributed by atoms with E-state index in [1.54, 1.807) is 13.3 Å². The van der Waals surface area contributed by atoms with Gasteiger partial charge in [-0.15, -0.1) is 0 Å². The Balaban J connectivity index is 1.74. The number of nitrogens with zero attached hydrogens (tertiary/aromatic N) is 5. The molecule has 9 heteroatoms. The largest absolute Gasteiger partial charge is 0.328 e. The van der Waals surface area contributed by atoms with Gasteiger partial charge in [-0.2, -0.15) is 5.10 Å². The highest BCUT2D eigenvalue weighted by Gasteiger charge is 2.26. The van der Waals surface area contributed by atoms with E-state index in [1.807, 2.05) is 24.9 Å². The van der Waals surface area contributed by atoms with Crippen LogP contribution in [0.2, 0.25) is 0 Å². The fraction of sp³-hybridized carbons (Fsp3) is 0.600. The van der Waals surface area contributed by atoms with Crippen molar-refractivity contribution in [2.75, 3.05) is 18.8 Å². The third kappa shape index (κ3) is 3.68. The fourth-order valence-corrected chi connectivity index (χ4v) is 3.76. The highest BCUT2D eigenvalue weighted by Crippen LogP contribution is 2.22. The van der Waals surface area contributed by atoms with E-state index in [9.17, 15) is 8.42 Å². The molecule has 0 fully saturated rings. The second-order valence-electron chi connectivity index (χ2n) is 6.27. The summed E-state index contributed by atoms with van der Waals surface area (Å²) >= 11 is 0. The molecule has 0 spiro atoms. The van der Waals surface area contributed by atoms with Crippen LogP contribution >= 0.6 is 0 Å². The Kier molecular flexibility index (Phi) is 4.75. The normalized spacial score (nSPS) is 18.7. The average molecular weight is 352 g/mol. The van der Waals surface area contributed by atoms with Crippen molar-refractivity contribution in [2.24, 2.45) is 7.05 Å². The van der Waals surface area contributed by atoms with Gasteiger partial charge in [0.05, 0.1) is 35.2 Å². The van der Waals surface area contributed by atoms with Crippen LogP contribution in [0, 0.1) is 6.92 Å². The van der Waals surface area contributed by atoms with Gasteiger partial charge in [-0.05, 0) is 19.9 Å². The molecule has 0 unspecified atom stereocenters. The highest BCUT2D eigenvalue weighted by atomic mass is 32.2. The van der Waals surface area contributed by atoms with E-state index in [0.29, 0.717) is 6.54 Å². The van der Waals surface area contributed by atoms with E-state index in [-0.39, 0.29) is 11.8 Å². The minimum absolute atomic E-state index is 0.0342. The summed E-state index contributed by atoms with van der Waals surface area (Å²) in [7, 11) is -1.25. The second-order valence-corrected chi connectivity index (χ2v) is 8.36. The van der Waals surface area contributed by atoms with Crippen LogP contribution in [0.5, 0.6) is 0 Å². The van der Waals surface area contributed by atoms with E-state index in [0.717, 1.165) is 36.7 Å². The van der Waals surface area contributed by atoms with Crippen LogP contribution in [0.4, 0.5) is 0 Å². The lowest BCUT2D eigenvalue weighted by Crippen LogP contribution is -2.42. The molecule has 2 aromatic heterocycles. The average Bonchev–Trinajstić information content (AvgIpc) is 3.11. The molecule has 0 bridgehead atoms. The van der Waals surface area contributed by atoms with Crippen LogP contribution < -0.4 is 4.72 Å². The van der Waals surface area contributed by atoms with Crippen molar-refractivity contribution in [3.63, 3.8) is 0 Å². The summed E-state index contributed by atoms with van der Waals surface area (Å²) < 4.78 is 30.2. The van der Waals surface area contributed by atoms with E-state index in [2.05, 4.69) is 30.3 Å². The summed E-state index contributed by atoms with van der Waals surface area (Å²) in [6.45, 7) is 6.33. The number of hydrogen-bond acceptors (Lipinski definition) is 5. The molecule has 0 aromatic carbocycles. The van der Waals surface area contributed by atoms with Gasteiger partial charge in [0.25, 0.3) is 0 Å². The predicted molar refractivity (Wildman–Crippen MR) is 90.8 cm³/mol. The summed E-state index contributed by atoms with van der Waals surface area (Å²) in [4.78, 5) is 6.53. The Morgan fingerprint density at radius 1 is 1.42 bits per heavy atom. The Morgan fingerprint density at radius 3 is 2.88 bits per heavy atom. The lowest BCUT2D eigenvalue weighted by atomic mass is 10.1. The molecule has 132 valence electrons. The zero-order chi connectivity index (χ0) is 17.3. The SMILES string of the molecule is CCS(=O)(=O)NC[C@@H]1CN(Cc2cc(C)nn2C)Cc2cncn21. The molecule has 0 amide bonds. The van der Waals surface area contributed by atoms with Gasteiger partial charge in [0.15, 0.2) is 0 Å². The Hall–Kier alpha value is -1.71. The number of aromatic nitrogens is 4. The molecule has 1 atom stereocenters. The predicted octanol–water partition coefficient (Wildman–Crippen LogP) is 0.421. The van der Waals surface area contributed by atoms with Gasteiger partial charge in [-0.3, -0.25) is 9.58 Å². The molecule has 1 aliphatic rings. The minimum Gasteiger partial charge on any atom is -0.328 e. The number of sulfonamides is 1. The molecular formula is C15H24N6O2S. The van der Waals surface area contributed by atoms with Crippen LogP contribution in [0.1, 0.15) is 30.0 Å². The Morgan fingerprint density at radius 2 is 2.21 bits per heavy atom. The van der Waals surface area contributed by atoms with Crippen molar-refractivity contribution in [1.29, 1.82) is 0 Å². The number of aryl methyl sites for hydroxylation is 2. The van der Waals surface area contributed by atoms with Gasteiger partial charge in [-0.1, -0.05) is 0 Å². The first-order valence-electron chi connectivity index (χ1n) is 8.08. The highest BCUT2D eigenvalue weighted by molar-refractivity contribution is 7.89. The van der Waals surface area contributed by atoms with Gasteiger partial charge in [0.1, 0.15) is 0 Å². The molecule has 0 saturated heterocycles. The maximum atomic E-state index is 11.8. The Labute approximate surface area is 142 Å². The fourth-order valence-electron chi connectivity index (χ4n) is 3.11. The molecule has 2 aromatic rings. The molecule has 0 aliphatic carbocycles. The molecular weight excluding hydrogens is 328 g/mol. The lowest BCUT2D eigenvalue weighted by molar-refractivity contribution is 0.174. The van der Waals surface area contributed by atoms with E-state index in [1.165, 1.54) is 0 Å². The number of hydrogen-bond donors (Lipinski definition) is 1. The molecule has 8 nitrogen and oxygen atoms in total. The smallest absolute Gasteiger partial charge is 0.211 e. The van der Waals surface area contributed by atoms with Crippen molar-refractivity contribution >= 4 is 10.0 Å². The second kappa shape index (κ2) is 6.66. The Bertz CT molecular complexity index is 810. The molecule has 0 saturated carbocycles. The lowest BCUT2D eigenvalue weighted by Gasteiger charge is -2.34. The first kappa shape index (κ1) is 17.1. The van der Waals surface area contributed by atoms with Gasteiger partial charge in [-0.25, -0.2) is 18.1 Å². The summed E-state index contributed by atoms with van der Waals surface area (Å²) in [5.41, 5.74) is 3.25. The van der Waals surface area contributed by atoms with Crippen molar-refractivity contribution in [3.05, 3.63) is 35.7 Å². The summed E-state index contributed by atoms with van der Waals surface area (Å²) in [6, 6.07) is 2.12. The number of rotatable bonds is 6. The van der Waals surface area contributed by atoms with Crippen LogP contribution in [-0.4, -0.2) is 51.5 Å². The van der Waals surface area contributed by atoms with Gasteiger partial charge >= 0.3 is 0 Å². The maximum Gasteiger partial charge on any atom is 0.211 e. The quantitative estimate of drug-likeness (QED) is 0.814. The zero-order valence-corrected chi connectivity index (χ0v) is 15.1. The van der Waals surface area contributed by atoms with Crippen LogP contribution in [0.25, 0.3) is 0 Å². The molecule has 3 heterocycles. The topological polar surface area (TPSA) is 85.1 Å². The van der Waals surface area contributed by atoms with Crippen molar-refractivity contribution in [1.82, 2.24) is 29.0 Å². The van der Waals surface area contributed by atoms with Crippen molar-refractivity contribution in [3.8, 4) is 0 Å². The molecule has 24 heavy (non-hydrogen) atoms. The van der Waals surface area contributed by atoms with Crippen molar-refractivity contribution in [2.45, 2.75) is 33.0 Å². The molecule has 1 N–H and O–H groups in total. The monoisotopic (exact) mass is 352 g/mol. The van der Waals surface area contributed by atoms with E-state index in [4.69, 9.17) is 0 Å². The zero-order valence-electron chi connectivity index (χ0n) is 14.3. The third-order valence-electron chi connectivity index (χ3n) is 4.40. The first-order valence-corrected chi connectivity index (χ1v) is 9.73. The molecule has 1 aliphatic heterocycles. The van der Waals surface area contributed by atoms with Crippen LogP contribution in [0.15, 0.2) is 18.6 Å². The molecule has 0 radical (unpaired) electrons. The van der Waals surface area contributed by atoms with Gasteiger partial charge in [0.2, 0.25) is 10.0 Å². The first-order chi connectivity index (χ1) is 11.4. The van der Waals surface area contributed by atoms with Gasteiger partial charge < -0.3 is 4.57 Å². The summed E-state index contributed by atoms with van der Waals surface area (Å²) in [5, 5.41) is 4.39. The third-order valence-corrected chi connectivity index (χ3v) is 5.76. The molecule has 3 rings (SSSR count). The van der Waals surface area contributed by atoms with E-state index >= 15 is 0 Å². The number of nitrogens with one attached hydrogen (secondary N) is 1. The van der Waals surface area contributed by atoms with E-state index < -0.39 is 10.0 Å². The van der Waals surface area contributed by atoms with Gasteiger partial charge in [0, 0.05) is 39.4 Å². The summed E-state index contributed by atoms with van der Waals surface area (Å²) in [6.07, 6.45) is 3.63. The van der Waals surface area contributed by atoms with Crippen LogP contribution in [-0.2, 0) is 30.2 Å². The van der Waals surface area contributed by atoms with Crippen molar-refractivity contribution < 1.29 is 8.42 Å². The number of imidazole rings is 1. The minimum atomic E-state index is -3.20.